The van der Waals surface area contributed by atoms with Crippen molar-refractivity contribution in [3.05, 3.63) is 52.8 Å². The average molecular weight is 491 g/mol. The van der Waals surface area contributed by atoms with Crippen LogP contribution in [0.15, 0.2) is 35.2 Å². The number of carbonyl (C=O) groups excluding carboxylic acids is 2. The zero-order valence-corrected chi connectivity index (χ0v) is 21.4. The van der Waals surface area contributed by atoms with Crippen LogP contribution in [0.25, 0.3) is 0 Å². The normalized spacial score (nSPS) is 16.4. The summed E-state index contributed by atoms with van der Waals surface area (Å²) >= 11 is 0. The SMILES string of the molecule is COCC(C)n1c(C)cc(C(=O)COC(=O)c2ccc(S(=O)(=O)N3CCC(C)CC3)cc2)c1C. The van der Waals surface area contributed by atoms with Gasteiger partial charge < -0.3 is 14.0 Å². The third-order valence-corrected chi connectivity index (χ3v) is 8.35. The lowest BCUT2D eigenvalue weighted by molar-refractivity contribution is 0.0474. The van der Waals surface area contributed by atoms with Gasteiger partial charge in [-0.3, -0.25) is 4.79 Å². The maximum atomic E-state index is 12.9. The number of aromatic nitrogens is 1. The number of ether oxygens (including phenoxy) is 2. The monoisotopic (exact) mass is 490 g/mol. The van der Waals surface area contributed by atoms with Crippen LogP contribution >= 0.6 is 0 Å². The number of esters is 1. The van der Waals surface area contributed by atoms with E-state index in [9.17, 15) is 18.0 Å². The van der Waals surface area contributed by atoms with Crippen LogP contribution in [0.3, 0.4) is 0 Å². The van der Waals surface area contributed by atoms with Gasteiger partial charge in [0.2, 0.25) is 15.8 Å². The summed E-state index contributed by atoms with van der Waals surface area (Å²) in [7, 11) is -1.96. The van der Waals surface area contributed by atoms with E-state index in [2.05, 4.69) is 6.92 Å². The lowest BCUT2D eigenvalue weighted by atomic mass is 10.0. The van der Waals surface area contributed by atoms with Crippen molar-refractivity contribution in [2.75, 3.05) is 33.4 Å². The van der Waals surface area contributed by atoms with Gasteiger partial charge in [0.1, 0.15) is 0 Å². The number of hydrogen-bond acceptors (Lipinski definition) is 6. The highest BCUT2D eigenvalue weighted by atomic mass is 32.2. The first kappa shape index (κ1) is 26.1. The van der Waals surface area contributed by atoms with E-state index < -0.39 is 22.6 Å². The second-order valence-corrected chi connectivity index (χ2v) is 11.0. The third kappa shape index (κ3) is 5.59. The lowest BCUT2D eigenvalue weighted by Gasteiger charge is -2.29. The van der Waals surface area contributed by atoms with E-state index in [4.69, 9.17) is 9.47 Å². The van der Waals surface area contributed by atoms with E-state index in [1.54, 1.807) is 13.2 Å². The molecule has 0 aliphatic carbocycles. The minimum atomic E-state index is -3.59. The van der Waals surface area contributed by atoms with Crippen molar-refractivity contribution in [3.63, 3.8) is 0 Å². The first-order valence-electron chi connectivity index (χ1n) is 11.5. The number of aryl methyl sites for hydroxylation is 1. The Kier molecular flexibility index (Phi) is 8.33. The van der Waals surface area contributed by atoms with Crippen molar-refractivity contribution >= 4 is 21.8 Å². The summed E-state index contributed by atoms with van der Waals surface area (Å²) < 4.78 is 39.7. The van der Waals surface area contributed by atoms with Crippen LogP contribution in [0, 0.1) is 19.8 Å². The molecule has 0 radical (unpaired) electrons. The molecule has 1 aromatic heterocycles. The number of ketones is 1. The van der Waals surface area contributed by atoms with Gasteiger partial charge in [-0.25, -0.2) is 13.2 Å². The number of carbonyl (C=O) groups is 2. The molecule has 34 heavy (non-hydrogen) atoms. The van der Waals surface area contributed by atoms with Gasteiger partial charge in [0.25, 0.3) is 0 Å². The number of benzene rings is 1. The van der Waals surface area contributed by atoms with Gasteiger partial charge in [-0.15, -0.1) is 0 Å². The molecule has 0 N–H and O–H groups in total. The Morgan fingerprint density at radius 2 is 1.74 bits per heavy atom. The molecule has 0 amide bonds. The molecule has 1 saturated heterocycles. The van der Waals surface area contributed by atoms with Crippen LogP contribution in [-0.4, -0.2) is 62.5 Å². The number of piperidine rings is 1. The average Bonchev–Trinajstić information content (AvgIpc) is 3.11. The van der Waals surface area contributed by atoms with Gasteiger partial charge in [0.05, 0.1) is 23.1 Å². The molecule has 3 rings (SSSR count). The second-order valence-electron chi connectivity index (χ2n) is 9.07. The Morgan fingerprint density at radius 1 is 1.12 bits per heavy atom. The summed E-state index contributed by atoms with van der Waals surface area (Å²) in [4.78, 5) is 25.3. The Morgan fingerprint density at radius 3 is 2.32 bits per heavy atom. The van der Waals surface area contributed by atoms with Crippen LogP contribution < -0.4 is 0 Å². The molecule has 0 bridgehead atoms. The maximum Gasteiger partial charge on any atom is 0.338 e. The fourth-order valence-corrected chi connectivity index (χ4v) is 5.95. The van der Waals surface area contributed by atoms with E-state index in [0.29, 0.717) is 31.2 Å². The highest BCUT2D eigenvalue weighted by Crippen LogP contribution is 2.24. The highest BCUT2D eigenvalue weighted by Gasteiger charge is 2.28. The van der Waals surface area contributed by atoms with Gasteiger partial charge >= 0.3 is 5.97 Å². The number of methoxy groups -OCH3 is 1. The molecule has 1 aromatic carbocycles. The molecule has 0 saturated carbocycles. The van der Waals surface area contributed by atoms with Crippen LogP contribution in [0.2, 0.25) is 0 Å². The van der Waals surface area contributed by atoms with Crippen molar-refractivity contribution in [1.82, 2.24) is 8.87 Å². The van der Waals surface area contributed by atoms with Crippen molar-refractivity contribution in [3.8, 4) is 0 Å². The summed E-state index contributed by atoms with van der Waals surface area (Å²) in [6.45, 7) is 9.02. The predicted octanol–water partition coefficient (Wildman–Crippen LogP) is 3.77. The lowest BCUT2D eigenvalue weighted by Crippen LogP contribution is -2.37. The molecule has 1 aliphatic rings. The molecule has 1 atom stereocenters. The number of rotatable bonds is 9. The van der Waals surface area contributed by atoms with Crippen LogP contribution in [0.1, 0.15) is 64.8 Å². The summed E-state index contributed by atoms with van der Waals surface area (Å²) in [6.07, 6.45) is 1.68. The topological polar surface area (TPSA) is 94.9 Å². The van der Waals surface area contributed by atoms with Crippen molar-refractivity contribution < 1.29 is 27.5 Å². The molecule has 1 unspecified atom stereocenters. The summed E-state index contributed by atoms with van der Waals surface area (Å²) in [5.41, 5.74) is 2.42. The van der Waals surface area contributed by atoms with Crippen LogP contribution in [0.4, 0.5) is 0 Å². The molecule has 1 aliphatic heterocycles. The van der Waals surface area contributed by atoms with Gasteiger partial charge in [0, 0.05) is 37.2 Å². The Labute approximate surface area is 201 Å². The molecular formula is C25H34N2O6S. The van der Waals surface area contributed by atoms with Crippen molar-refractivity contribution in [2.24, 2.45) is 5.92 Å². The zero-order valence-electron chi connectivity index (χ0n) is 20.5. The molecule has 8 nitrogen and oxygen atoms in total. The number of nitrogens with zero attached hydrogens (tertiary/aromatic N) is 2. The first-order valence-corrected chi connectivity index (χ1v) is 13.0. The van der Waals surface area contributed by atoms with Gasteiger partial charge in [-0.2, -0.15) is 4.31 Å². The standard InChI is InChI=1S/C25H34N2O6S/c1-17-10-12-26(13-11-17)34(30,31)22-8-6-21(7-9-22)25(29)33-16-24(28)23-14-18(2)27(20(23)4)19(3)15-32-5/h6-9,14,17,19H,10-13,15-16H2,1-5H3. The van der Waals surface area contributed by atoms with E-state index in [-0.39, 0.29) is 22.3 Å². The molecule has 2 aromatic rings. The van der Waals surface area contributed by atoms with Gasteiger partial charge in [-0.1, -0.05) is 6.92 Å². The first-order chi connectivity index (χ1) is 16.1. The third-order valence-electron chi connectivity index (χ3n) is 6.44. The fraction of sp³-hybridized carbons (Fsp3) is 0.520. The number of Topliss-reactive ketones (excluding diaryl/α,β-unsaturated/α-hetero) is 1. The van der Waals surface area contributed by atoms with Crippen LogP contribution in [-0.2, 0) is 19.5 Å². The smallest absolute Gasteiger partial charge is 0.338 e. The number of hydrogen-bond donors (Lipinski definition) is 0. The van der Waals surface area contributed by atoms with E-state index in [1.807, 2.05) is 25.3 Å². The fourth-order valence-electron chi connectivity index (χ4n) is 4.48. The minimum Gasteiger partial charge on any atom is -0.454 e. The van der Waals surface area contributed by atoms with E-state index in [1.165, 1.54) is 28.6 Å². The molecule has 1 fully saturated rings. The number of sulfonamides is 1. The largest absolute Gasteiger partial charge is 0.454 e. The second kappa shape index (κ2) is 10.8. The highest BCUT2D eigenvalue weighted by molar-refractivity contribution is 7.89. The molecule has 0 spiro atoms. The quantitative estimate of drug-likeness (QED) is 0.392. The zero-order chi connectivity index (χ0) is 25.0. The molecule has 2 heterocycles. The van der Waals surface area contributed by atoms with E-state index in [0.717, 1.165) is 24.2 Å². The van der Waals surface area contributed by atoms with Crippen molar-refractivity contribution in [1.29, 1.82) is 0 Å². The van der Waals surface area contributed by atoms with Gasteiger partial charge in [0.15, 0.2) is 6.61 Å². The van der Waals surface area contributed by atoms with Gasteiger partial charge in [-0.05, 0) is 69.9 Å². The molecule has 186 valence electrons. The van der Waals surface area contributed by atoms with Crippen LogP contribution in [0.5, 0.6) is 0 Å². The predicted molar refractivity (Wildman–Crippen MR) is 129 cm³/mol. The Hall–Kier alpha value is -2.49. The Balaban J connectivity index is 1.63. The summed E-state index contributed by atoms with van der Waals surface area (Å²) in [6, 6.07) is 7.53. The maximum absolute atomic E-state index is 12.9. The Bertz CT molecular complexity index is 1130. The van der Waals surface area contributed by atoms with E-state index >= 15 is 0 Å². The molecular weight excluding hydrogens is 456 g/mol. The molecule has 9 heteroatoms. The van der Waals surface area contributed by atoms with Crippen molar-refractivity contribution in [2.45, 2.75) is 51.5 Å². The summed E-state index contributed by atoms with van der Waals surface area (Å²) in [5.74, 6) is -0.451. The minimum absolute atomic E-state index is 0.0669. The summed E-state index contributed by atoms with van der Waals surface area (Å²) in [5, 5.41) is 0.